The van der Waals surface area contributed by atoms with Crippen LogP contribution in [-0.2, 0) is 10.0 Å². The number of anilines is 1. The molecule has 0 saturated carbocycles. The Bertz CT molecular complexity index is 989. The maximum absolute atomic E-state index is 13.0. The summed E-state index contributed by atoms with van der Waals surface area (Å²) < 4.78 is 27.4. The van der Waals surface area contributed by atoms with Gasteiger partial charge in [-0.15, -0.1) is 11.3 Å². The standard InChI is InChI=1S/C20H25N3O4S2/c1-13-10-14(2)12-23(11-13)29(26,27)16-6-4-15(5-7-16)18(24)22-20-17(8-9-28-20)19(25)21-3/h4-9,13-14H,10-12H2,1-3H3,(H,21,25)(H,22,24)/t13-,14+. The van der Waals surface area contributed by atoms with Crippen LogP contribution >= 0.6 is 11.3 Å². The summed E-state index contributed by atoms with van der Waals surface area (Å²) in [5.41, 5.74) is 0.707. The number of sulfonamides is 1. The summed E-state index contributed by atoms with van der Waals surface area (Å²) in [7, 11) is -2.07. The fourth-order valence-electron chi connectivity index (χ4n) is 3.62. The summed E-state index contributed by atoms with van der Waals surface area (Å²) in [6.07, 6.45) is 1.02. The first-order chi connectivity index (χ1) is 13.7. The SMILES string of the molecule is CNC(=O)c1ccsc1NC(=O)c1ccc(S(=O)(=O)N2C[C@H](C)C[C@H](C)C2)cc1. The predicted octanol–water partition coefficient (Wildman–Crippen LogP) is 3.03. The molecule has 1 saturated heterocycles. The molecule has 2 N–H and O–H groups in total. The van der Waals surface area contributed by atoms with Crippen molar-refractivity contribution in [2.75, 3.05) is 25.5 Å². The van der Waals surface area contributed by atoms with Crippen LogP contribution in [0.25, 0.3) is 0 Å². The first kappa shape index (κ1) is 21.5. The maximum atomic E-state index is 13.0. The molecule has 1 aliphatic heterocycles. The number of nitrogens with zero attached hydrogens (tertiary/aromatic N) is 1. The number of rotatable bonds is 5. The lowest BCUT2D eigenvalue weighted by Gasteiger charge is -2.34. The number of hydrogen-bond acceptors (Lipinski definition) is 5. The van der Waals surface area contributed by atoms with Gasteiger partial charge in [-0.1, -0.05) is 13.8 Å². The molecule has 1 aromatic heterocycles. The van der Waals surface area contributed by atoms with Crippen LogP contribution in [0.4, 0.5) is 5.00 Å². The molecule has 3 rings (SSSR count). The summed E-state index contributed by atoms with van der Waals surface area (Å²) >= 11 is 1.25. The third-order valence-corrected chi connectivity index (χ3v) is 7.63. The summed E-state index contributed by atoms with van der Waals surface area (Å²) in [4.78, 5) is 24.5. The van der Waals surface area contributed by atoms with Gasteiger partial charge < -0.3 is 10.6 Å². The lowest BCUT2D eigenvalue weighted by molar-refractivity contribution is 0.0964. The molecule has 0 unspecified atom stereocenters. The van der Waals surface area contributed by atoms with Gasteiger partial charge in [-0.2, -0.15) is 4.31 Å². The highest BCUT2D eigenvalue weighted by Crippen LogP contribution is 2.27. The second kappa shape index (κ2) is 8.64. The van der Waals surface area contributed by atoms with Crippen LogP contribution in [0, 0.1) is 11.8 Å². The number of amides is 2. The number of nitrogens with one attached hydrogen (secondary N) is 2. The van der Waals surface area contributed by atoms with Crippen LogP contribution in [0.1, 0.15) is 41.0 Å². The maximum Gasteiger partial charge on any atom is 0.256 e. The van der Waals surface area contributed by atoms with Crippen molar-refractivity contribution in [1.29, 1.82) is 0 Å². The van der Waals surface area contributed by atoms with E-state index < -0.39 is 15.9 Å². The van der Waals surface area contributed by atoms with Crippen LogP contribution in [0.15, 0.2) is 40.6 Å². The van der Waals surface area contributed by atoms with Crippen molar-refractivity contribution in [3.05, 3.63) is 46.8 Å². The molecule has 2 aromatic rings. The Hall–Kier alpha value is -2.23. The Morgan fingerprint density at radius 2 is 1.66 bits per heavy atom. The van der Waals surface area contributed by atoms with Crippen LogP contribution in [0.5, 0.6) is 0 Å². The Morgan fingerprint density at radius 3 is 2.24 bits per heavy atom. The molecular weight excluding hydrogens is 410 g/mol. The zero-order valence-corrected chi connectivity index (χ0v) is 18.3. The van der Waals surface area contributed by atoms with Gasteiger partial charge in [0.15, 0.2) is 0 Å². The number of hydrogen-bond donors (Lipinski definition) is 2. The third kappa shape index (κ3) is 4.68. The van der Waals surface area contributed by atoms with Crippen molar-refractivity contribution in [2.45, 2.75) is 25.2 Å². The second-order valence-electron chi connectivity index (χ2n) is 7.49. The van der Waals surface area contributed by atoms with E-state index in [4.69, 9.17) is 0 Å². The molecule has 1 aliphatic rings. The largest absolute Gasteiger partial charge is 0.355 e. The average Bonchev–Trinajstić information content (AvgIpc) is 3.14. The van der Waals surface area contributed by atoms with Gasteiger partial charge >= 0.3 is 0 Å². The molecule has 29 heavy (non-hydrogen) atoms. The minimum Gasteiger partial charge on any atom is -0.355 e. The van der Waals surface area contributed by atoms with E-state index in [1.807, 2.05) is 0 Å². The fraction of sp³-hybridized carbons (Fsp3) is 0.400. The molecule has 1 fully saturated rings. The van der Waals surface area contributed by atoms with Crippen LogP contribution in [-0.4, -0.2) is 44.7 Å². The quantitative estimate of drug-likeness (QED) is 0.755. The molecule has 0 radical (unpaired) electrons. The molecule has 0 bridgehead atoms. The first-order valence-corrected chi connectivity index (χ1v) is 11.8. The molecule has 2 amide bonds. The van der Waals surface area contributed by atoms with Gasteiger partial charge in [0.2, 0.25) is 10.0 Å². The minimum absolute atomic E-state index is 0.178. The molecule has 9 heteroatoms. The molecule has 2 heterocycles. The lowest BCUT2D eigenvalue weighted by atomic mass is 9.94. The van der Waals surface area contributed by atoms with E-state index in [-0.39, 0.29) is 10.8 Å². The monoisotopic (exact) mass is 435 g/mol. The van der Waals surface area contributed by atoms with Gasteiger partial charge in [0, 0.05) is 25.7 Å². The van der Waals surface area contributed by atoms with Gasteiger partial charge in [0.05, 0.1) is 10.5 Å². The van der Waals surface area contributed by atoms with Gasteiger partial charge in [-0.3, -0.25) is 9.59 Å². The number of piperidine rings is 1. The normalized spacial score (nSPS) is 20.2. The molecule has 156 valence electrons. The van der Waals surface area contributed by atoms with Crippen molar-refractivity contribution >= 4 is 38.2 Å². The number of benzene rings is 1. The molecule has 7 nitrogen and oxygen atoms in total. The van der Waals surface area contributed by atoms with Crippen molar-refractivity contribution in [3.8, 4) is 0 Å². The van der Waals surface area contributed by atoms with E-state index in [0.717, 1.165) is 6.42 Å². The van der Waals surface area contributed by atoms with E-state index in [2.05, 4.69) is 24.5 Å². The van der Waals surface area contributed by atoms with E-state index in [1.54, 1.807) is 11.4 Å². The zero-order valence-electron chi connectivity index (χ0n) is 16.6. The minimum atomic E-state index is -3.59. The Labute approximate surface area is 175 Å². The second-order valence-corrected chi connectivity index (χ2v) is 10.3. The summed E-state index contributed by atoms with van der Waals surface area (Å²) in [6, 6.07) is 7.54. The number of carbonyl (C=O) groups is 2. The number of carbonyl (C=O) groups excluding carboxylic acids is 2. The first-order valence-electron chi connectivity index (χ1n) is 9.43. The van der Waals surface area contributed by atoms with E-state index in [9.17, 15) is 18.0 Å². The van der Waals surface area contributed by atoms with E-state index in [1.165, 1.54) is 47.0 Å². The average molecular weight is 436 g/mol. The molecule has 1 aromatic carbocycles. The smallest absolute Gasteiger partial charge is 0.256 e. The van der Waals surface area contributed by atoms with Crippen LogP contribution in [0.3, 0.4) is 0 Å². The van der Waals surface area contributed by atoms with E-state index >= 15 is 0 Å². The lowest BCUT2D eigenvalue weighted by Crippen LogP contribution is -2.42. The Morgan fingerprint density at radius 1 is 1.03 bits per heavy atom. The molecular formula is C20H25N3O4S2. The van der Waals surface area contributed by atoms with Gasteiger partial charge in [-0.25, -0.2) is 8.42 Å². The van der Waals surface area contributed by atoms with Gasteiger partial charge in [-0.05, 0) is 54.0 Å². The molecule has 0 spiro atoms. The van der Waals surface area contributed by atoms with Crippen LogP contribution in [0.2, 0.25) is 0 Å². The fourth-order valence-corrected chi connectivity index (χ4v) is 6.08. The number of thiophene rings is 1. The zero-order chi connectivity index (χ0) is 21.2. The van der Waals surface area contributed by atoms with Crippen molar-refractivity contribution in [2.24, 2.45) is 11.8 Å². The van der Waals surface area contributed by atoms with Crippen molar-refractivity contribution in [3.63, 3.8) is 0 Å². The molecule has 0 aliphatic carbocycles. The van der Waals surface area contributed by atoms with Crippen molar-refractivity contribution < 1.29 is 18.0 Å². The highest BCUT2D eigenvalue weighted by atomic mass is 32.2. The summed E-state index contributed by atoms with van der Waals surface area (Å²) in [5.74, 6) is -0.0486. The molecule has 2 atom stereocenters. The highest BCUT2D eigenvalue weighted by Gasteiger charge is 2.31. The summed E-state index contributed by atoms with van der Waals surface area (Å²) in [5, 5.41) is 7.41. The topological polar surface area (TPSA) is 95.6 Å². The highest BCUT2D eigenvalue weighted by molar-refractivity contribution is 7.89. The third-order valence-electron chi connectivity index (χ3n) is 4.95. The Kier molecular flexibility index (Phi) is 6.40. The van der Waals surface area contributed by atoms with Crippen molar-refractivity contribution in [1.82, 2.24) is 9.62 Å². The van der Waals surface area contributed by atoms with E-state index in [0.29, 0.717) is 41.1 Å². The van der Waals surface area contributed by atoms with Gasteiger partial charge in [0.25, 0.3) is 11.8 Å². The summed E-state index contributed by atoms with van der Waals surface area (Å²) in [6.45, 7) is 5.14. The van der Waals surface area contributed by atoms with Crippen LogP contribution < -0.4 is 10.6 Å². The predicted molar refractivity (Wildman–Crippen MR) is 114 cm³/mol. The van der Waals surface area contributed by atoms with Gasteiger partial charge in [0.1, 0.15) is 5.00 Å². The Balaban J connectivity index is 1.75.